The molecule has 2 aromatic rings. The topological polar surface area (TPSA) is 48.1 Å². The molecule has 0 saturated heterocycles. The van der Waals surface area contributed by atoms with Crippen molar-refractivity contribution in [2.24, 2.45) is 0 Å². The summed E-state index contributed by atoms with van der Waals surface area (Å²) in [6.45, 7) is 4.16. The van der Waals surface area contributed by atoms with E-state index in [0.29, 0.717) is 0 Å². The molecule has 0 bridgehead atoms. The van der Waals surface area contributed by atoms with Crippen LogP contribution in [0.4, 0.5) is 5.69 Å². The van der Waals surface area contributed by atoms with Gasteiger partial charge in [-0.2, -0.15) is 0 Å². The lowest BCUT2D eigenvalue weighted by Gasteiger charge is -2.23. The van der Waals surface area contributed by atoms with Crippen molar-refractivity contribution in [3.63, 3.8) is 0 Å². The van der Waals surface area contributed by atoms with Gasteiger partial charge in [0.15, 0.2) is 0 Å². The first-order valence-corrected chi connectivity index (χ1v) is 6.12. The van der Waals surface area contributed by atoms with E-state index in [2.05, 4.69) is 18.8 Å². The Morgan fingerprint density at radius 2 is 2.25 bits per heavy atom. The first-order chi connectivity index (χ1) is 7.59. The summed E-state index contributed by atoms with van der Waals surface area (Å²) in [4.78, 5) is 4.61. The van der Waals surface area contributed by atoms with Crippen LogP contribution in [0.2, 0.25) is 0 Å². The van der Waals surface area contributed by atoms with Crippen molar-refractivity contribution in [1.29, 1.82) is 0 Å². The van der Waals surface area contributed by atoms with E-state index in [1.165, 1.54) is 0 Å². The van der Waals surface area contributed by atoms with E-state index >= 15 is 0 Å². The van der Waals surface area contributed by atoms with Crippen molar-refractivity contribution in [2.45, 2.75) is 25.9 Å². The Hall–Kier alpha value is -1.13. The van der Waals surface area contributed by atoms with Crippen LogP contribution in [0.15, 0.2) is 18.2 Å². The van der Waals surface area contributed by atoms with Crippen LogP contribution in [0, 0.1) is 0 Å². The van der Waals surface area contributed by atoms with Crippen molar-refractivity contribution in [3.8, 4) is 0 Å². The molecular weight excluding hydrogens is 220 g/mol. The number of thiazole rings is 1. The molecule has 4 heteroatoms. The number of nitrogens with two attached hydrogens (primary N) is 1. The van der Waals surface area contributed by atoms with Gasteiger partial charge in [-0.25, -0.2) is 4.98 Å². The van der Waals surface area contributed by atoms with Gasteiger partial charge >= 0.3 is 0 Å². The van der Waals surface area contributed by atoms with E-state index in [1.54, 1.807) is 18.4 Å². The van der Waals surface area contributed by atoms with Crippen LogP contribution in [0.25, 0.3) is 10.2 Å². The highest BCUT2D eigenvalue weighted by Crippen LogP contribution is 2.35. The highest BCUT2D eigenvalue weighted by Gasteiger charge is 2.27. The van der Waals surface area contributed by atoms with Gasteiger partial charge in [-0.3, -0.25) is 0 Å². The number of ether oxygens (including phenoxy) is 1. The third-order valence-corrected chi connectivity index (χ3v) is 4.25. The Morgan fingerprint density at radius 3 is 2.88 bits per heavy atom. The summed E-state index contributed by atoms with van der Waals surface area (Å²) in [6, 6.07) is 5.79. The summed E-state index contributed by atoms with van der Waals surface area (Å²) in [5, 5.41) is 1.01. The summed E-state index contributed by atoms with van der Waals surface area (Å²) in [5.74, 6) is 0. The average Bonchev–Trinajstić information content (AvgIpc) is 2.71. The van der Waals surface area contributed by atoms with Gasteiger partial charge in [0.2, 0.25) is 0 Å². The highest BCUT2D eigenvalue weighted by molar-refractivity contribution is 7.18. The molecule has 0 radical (unpaired) electrons. The Balaban J connectivity index is 2.54. The van der Waals surface area contributed by atoms with Crippen LogP contribution in [-0.4, -0.2) is 12.1 Å². The summed E-state index contributed by atoms with van der Waals surface area (Å²) in [7, 11) is 1.73. The molecule has 0 aliphatic heterocycles. The zero-order chi connectivity index (χ0) is 11.8. The number of benzene rings is 1. The first kappa shape index (κ1) is 11.4. The van der Waals surface area contributed by atoms with Crippen LogP contribution in [0.1, 0.15) is 25.3 Å². The lowest BCUT2D eigenvalue weighted by atomic mass is 10.1. The molecule has 1 heterocycles. The first-order valence-electron chi connectivity index (χ1n) is 5.31. The molecule has 86 valence electrons. The number of hydrogen-bond donors (Lipinski definition) is 1. The van der Waals surface area contributed by atoms with Gasteiger partial charge in [0.05, 0.1) is 10.2 Å². The standard InChI is InChI=1S/C12H16N2OS/c1-4-12(2,15-3)11-14-9-6-5-8(13)7-10(9)16-11/h5-7H,4,13H2,1-3H3. The Kier molecular flexibility index (Phi) is 2.86. The third kappa shape index (κ3) is 1.79. The number of anilines is 1. The van der Waals surface area contributed by atoms with Gasteiger partial charge in [-0.05, 0) is 31.5 Å². The van der Waals surface area contributed by atoms with Crippen molar-refractivity contribution < 1.29 is 4.74 Å². The number of fused-ring (bicyclic) bond motifs is 1. The molecule has 2 rings (SSSR count). The van der Waals surface area contributed by atoms with E-state index in [1.807, 2.05) is 18.2 Å². The van der Waals surface area contributed by atoms with E-state index in [-0.39, 0.29) is 5.60 Å². The van der Waals surface area contributed by atoms with Crippen LogP contribution in [-0.2, 0) is 10.3 Å². The van der Waals surface area contributed by atoms with E-state index in [4.69, 9.17) is 10.5 Å². The quantitative estimate of drug-likeness (QED) is 0.833. The SMILES string of the molecule is CCC(C)(OC)c1nc2ccc(N)cc2s1. The minimum absolute atomic E-state index is 0.293. The number of nitrogens with zero attached hydrogens (tertiary/aromatic N) is 1. The van der Waals surface area contributed by atoms with Gasteiger partial charge < -0.3 is 10.5 Å². The molecule has 0 aliphatic carbocycles. The van der Waals surface area contributed by atoms with E-state index in [9.17, 15) is 0 Å². The van der Waals surface area contributed by atoms with E-state index < -0.39 is 0 Å². The second-order valence-electron chi connectivity index (χ2n) is 4.03. The number of rotatable bonds is 3. The maximum Gasteiger partial charge on any atom is 0.126 e. The van der Waals surface area contributed by atoms with E-state index in [0.717, 1.165) is 27.3 Å². The summed E-state index contributed by atoms with van der Waals surface area (Å²) >= 11 is 1.65. The fourth-order valence-electron chi connectivity index (χ4n) is 1.55. The maximum atomic E-state index is 5.75. The summed E-state index contributed by atoms with van der Waals surface area (Å²) < 4.78 is 6.67. The molecule has 1 aromatic heterocycles. The molecule has 0 amide bonds. The van der Waals surface area contributed by atoms with Crippen molar-refractivity contribution in [2.75, 3.05) is 12.8 Å². The minimum Gasteiger partial charge on any atom is -0.399 e. The lowest BCUT2D eigenvalue weighted by molar-refractivity contribution is -0.00139. The average molecular weight is 236 g/mol. The Bertz CT molecular complexity index is 503. The fourth-order valence-corrected chi connectivity index (χ4v) is 2.76. The second kappa shape index (κ2) is 4.03. The Labute approximate surface area is 99.3 Å². The monoisotopic (exact) mass is 236 g/mol. The van der Waals surface area contributed by atoms with Crippen molar-refractivity contribution in [3.05, 3.63) is 23.2 Å². The Morgan fingerprint density at radius 1 is 1.50 bits per heavy atom. The molecule has 16 heavy (non-hydrogen) atoms. The van der Waals surface area contributed by atoms with Crippen molar-refractivity contribution in [1.82, 2.24) is 4.98 Å². The molecule has 3 nitrogen and oxygen atoms in total. The zero-order valence-corrected chi connectivity index (χ0v) is 10.6. The van der Waals surface area contributed by atoms with Crippen LogP contribution in [0.5, 0.6) is 0 Å². The van der Waals surface area contributed by atoms with Crippen LogP contribution >= 0.6 is 11.3 Å². The molecule has 0 saturated carbocycles. The normalized spacial score (nSPS) is 15.2. The van der Waals surface area contributed by atoms with Gasteiger partial charge in [-0.15, -0.1) is 11.3 Å². The number of nitrogen functional groups attached to an aromatic ring is 1. The fraction of sp³-hybridized carbons (Fsp3) is 0.417. The maximum absolute atomic E-state index is 5.75. The van der Waals surface area contributed by atoms with Gasteiger partial charge in [0.1, 0.15) is 10.6 Å². The van der Waals surface area contributed by atoms with Crippen molar-refractivity contribution >= 4 is 27.2 Å². The van der Waals surface area contributed by atoms with Crippen LogP contribution in [0.3, 0.4) is 0 Å². The highest BCUT2D eigenvalue weighted by atomic mass is 32.1. The van der Waals surface area contributed by atoms with Gasteiger partial charge in [0, 0.05) is 12.8 Å². The predicted octanol–water partition coefficient (Wildman–Crippen LogP) is 3.15. The number of aromatic nitrogens is 1. The minimum atomic E-state index is -0.293. The van der Waals surface area contributed by atoms with Crippen LogP contribution < -0.4 is 5.73 Å². The molecule has 0 aliphatic rings. The summed E-state index contributed by atoms with van der Waals surface area (Å²) in [6.07, 6.45) is 0.902. The molecule has 1 unspecified atom stereocenters. The zero-order valence-electron chi connectivity index (χ0n) is 9.78. The molecule has 1 aromatic carbocycles. The smallest absolute Gasteiger partial charge is 0.126 e. The number of hydrogen-bond acceptors (Lipinski definition) is 4. The molecule has 0 fully saturated rings. The summed E-state index contributed by atoms with van der Waals surface area (Å²) in [5.41, 5.74) is 7.23. The largest absolute Gasteiger partial charge is 0.399 e. The second-order valence-corrected chi connectivity index (χ2v) is 5.07. The third-order valence-electron chi connectivity index (χ3n) is 2.99. The van der Waals surface area contributed by atoms with Gasteiger partial charge in [0.25, 0.3) is 0 Å². The van der Waals surface area contributed by atoms with Gasteiger partial charge in [-0.1, -0.05) is 6.92 Å². The molecule has 0 spiro atoms. The molecular formula is C12H16N2OS. The molecule has 2 N–H and O–H groups in total. The number of methoxy groups -OCH3 is 1. The molecule has 1 atom stereocenters. The predicted molar refractivity (Wildman–Crippen MR) is 68.7 cm³/mol. The lowest BCUT2D eigenvalue weighted by Crippen LogP contribution is -2.22.